The highest BCUT2D eigenvalue weighted by Gasteiger charge is 2.00. The van der Waals surface area contributed by atoms with Crippen LogP contribution in [0.15, 0.2) is 64.3 Å². The molecule has 23 heavy (non-hydrogen) atoms. The summed E-state index contributed by atoms with van der Waals surface area (Å²) in [6, 6.07) is 17.1. The monoisotopic (exact) mass is 437 g/mol. The molecule has 0 aliphatic carbocycles. The summed E-state index contributed by atoms with van der Waals surface area (Å²) in [5, 5.41) is 13.4. The van der Waals surface area contributed by atoms with Crippen LogP contribution in [0, 0.1) is 0 Å². The minimum absolute atomic E-state index is 0. The van der Waals surface area contributed by atoms with Crippen LogP contribution in [0.5, 0.6) is 0 Å². The van der Waals surface area contributed by atoms with Crippen LogP contribution in [-0.4, -0.2) is 13.0 Å². The summed E-state index contributed by atoms with van der Waals surface area (Å²) in [7, 11) is 1.79. The van der Waals surface area contributed by atoms with Crippen molar-refractivity contribution in [3.8, 4) is 0 Å². The molecule has 2 N–H and O–H groups in total. The number of hydrogen-bond donors (Lipinski definition) is 2. The Bertz CT molecular complexity index is 769. The summed E-state index contributed by atoms with van der Waals surface area (Å²) in [4.78, 5) is 4.26. The second-order valence-corrected chi connectivity index (χ2v) is 5.87. The van der Waals surface area contributed by atoms with Crippen molar-refractivity contribution in [2.75, 3.05) is 7.05 Å². The highest BCUT2D eigenvalue weighted by atomic mass is 127. The quantitative estimate of drug-likeness (QED) is 0.361. The van der Waals surface area contributed by atoms with Crippen LogP contribution in [0.4, 0.5) is 0 Å². The SMILES string of the molecule is CN=C(NCc1ccsc1)NCc1ccc2ccccc2c1.I. The van der Waals surface area contributed by atoms with Crippen molar-refractivity contribution in [2.24, 2.45) is 4.99 Å². The van der Waals surface area contributed by atoms with Crippen molar-refractivity contribution in [2.45, 2.75) is 13.1 Å². The average molecular weight is 437 g/mol. The molecule has 5 heteroatoms. The number of guanidine groups is 1. The first-order valence-electron chi connectivity index (χ1n) is 7.28. The van der Waals surface area contributed by atoms with E-state index in [0.29, 0.717) is 0 Å². The van der Waals surface area contributed by atoms with Gasteiger partial charge in [-0.25, -0.2) is 0 Å². The summed E-state index contributed by atoms with van der Waals surface area (Å²) in [6.07, 6.45) is 0. The van der Waals surface area contributed by atoms with E-state index < -0.39 is 0 Å². The molecule has 0 radical (unpaired) electrons. The standard InChI is InChI=1S/C18H19N3S.HI/c1-19-18(21-12-15-8-9-22-13-15)20-11-14-6-7-16-4-2-3-5-17(16)10-14;/h2-10,13H,11-12H2,1H3,(H2,19,20,21);1H. The summed E-state index contributed by atoms with van der Waals surface area (Å²) in [5.74, 6) is 0.819. The summed E-state index contributed by atoms with van der Waals surface area (Å²) in [5.41, 5.74) is 2.52. The predicted octanol–water partition coefficient (Wildman–Crippen LogP) is 4.38. The molecule has 3 aromatic rings. The minimum atomic E-state index is 0. The second kappa shape index (κ2) is 8.88. The van der Waals surface area contributed by atoms with Crippen molar-refractivity contribution in [3.63, 3.8) is 0 Å². The van der Waals surface area contributed by atoms with Crippen molar-refractivity contribution >= 4 is 52.0 Å². The summed E-state index contributed by atoms with van der Waals surface area (Å²) >= 11 is 1.71. The molecule has 3 nitrogen and oxygen atoms in total. The molecule has 0 unspecified atom stereocenters. The van der Waals surface area contributed by atoms with Crippen LogP contribution < -0.4 is 10.6 Å². The zero-order chi connectivity index (χ0) is 15.2. The van der Waals surface area contributed by atoms with Crippen LogP contribution in [-0.2, 0) is 13.1 Å². The number of nitrogens with zero attached hydrogens (tertiary/aromatic N) is 1. The Kier molecular flexibility index (Phi) is 6.85. The van der Waals surface area contributed by atoms with Gasteiger partial charge in [0.25, 0.3) is 0 Å². The van der Waals surface area contributed by atoms with Crippen LogP contribution >= 0.6 is 35.3 Å². The van der Waals surface area contributed by atoms with E-state index in [0.717, 1.165) is 19.0 Å². The molecule has 0 aliphatic heterocycles. The van der Waals surface area contributed by atoms with Gasteiger partial charge in [-0.15, -0.1) is 24.0 Å². The molecule has 0 atom stereocenters. The van der Waals surface area contributed by atoms with Gasteiger partial charge in [-0.05, 0) is 44.8 Å². The van der Waals surface area contributed by atoms with Gasteiger partial charge < -0.3 is 10.6 Å². The predicted molar refractivity (Wildman–Crippen MR) is 111 cm³/mol. The molecule has 0 saturated heterocycles. The number of aliphatic imine (C=N–C) groups is 1. The van der Waals surface area contributed by atoms with Crippen LogP contribution in [0.2, 0.25) is 0 Å². The molecule has 0 aliphatic rings. The molecule has 3 rings (SSSR count). The smallest absolute Gasteiger partial charge is 0.191 e. The number of fused-ring (bicyclic) bond motifs is 1. The first-order valence-corrected chi connectivity index (χ1v) is 8.23. The minimum Gasteiger partial charge on any atom is -0.352 e. The lowest BCUT2D eigenvalue weighted by Crippen LogP contribution is -2.36. The van der Waals surface area contributed by atoms with Crippen LogP contribution in [0.3, 0.4) is 0 Å². The molecular weight excluding hydrogens is 417 g/mol. The first-order chi connectivity index (χ1) is 10.8. The van der Waals surface area contributed by atoms with Crippen molar-refractivity contribution < 1.29 is 0 Å². The van der Waals surface area contributed by atoms with Gasteiger partial charge in [0.2, 0.25) is 0 Å². The largest absolute Gasteiger partial charge is 0.352 e. The Morgan fingerprint density at radius 3 is 2.39 bits per heavy atom. The second-order valence-electron chi connectivity index (χ2n) is 5.09. The number of nitrogens with one attached hydrogen (secondary N) is 2. The van der Waals surface area contributed by atoms with Gasteiger partial charge in [-0.1, -0.05) is 36.4 Å². The van der Waals surface area contributed by atoms with E-state index in [1.165, 1.54) is 21.9 Å². The van der Waals surface area contributed by atoms with Crippen molar-refractivity contribution in [3.05, 3.63) is 70.4 Å². The third kappa shape index (κ3) is 4.94. The van der Waals surface area contributed by atoms with Gasteiger partial charge in [0.15, 0.2) is 5.96 Å². The van der Waals surface area contributed by atoms with Crippen molar-refractivity contribution in [1.29, 1.82) is 0 Å². The topological polar surface area (TPSA) is 36.4 Å². The normalized spacial score (nSPS) is 11.1. The molecule has 0 bridgehead atoms. The maximum atomic E-state index is 4.26. The van der Waals surface area contributed by atoms with Gasteiger partial charge in [0, 0.05) is 20.1 Å². The Morgan fingerprint density at radius 2 is 1.70 bits per heavy atom. The number of rotatable bonds is 4. The lowest BCUT2D eigenvalue weighted by molar-refractivity contribution is 0.811. The Labute approximate surface area is 157 Å². The molecule has 0 spiro atoms. The number of thiophene rings is 1. The zero-order valence-corrected chi connectivity index (χ0v) is 16.1. The molecule has 0 fully saturated rings. The number of benzene rings is 2. The van der Waals surface area contributed by atoms with E-state index in [1.807, 2.05) is 0 Å². The third-order valence-electron chi connectivity index (χ3n) is 3.54. The Morgan fingerprint density at radius 1 is 0.957 bits per heavy atom. The summed E-state index contributed by atoms with van der Waals surface area (Å²) < 4.78 is 0. The Hall–Kier alpha value is -1.60. The van der Waals surface area contributed by atoms with Crippen LogP contribution in [0.1, 0.15) is 11.1 Å². The third-order valence-corrected chi connectivity index (χ3v) is 4.27. The molecule has 2 aromatic carbocycles. The lowest BCUT2D eigenvalue weighted by atomic mass is 10.1. The fraction of sp³-hybridized carbons (Fsp3) is 0.167. The van der Waals surface area contributed by atoms with Gasteiger partial charge >= 0.3 is 0 Å². The molecule has 1 heterocycles. The maximum absolute atomic E-state index is 4.26. The van der Waals surface area contributed by atoms with Gasteiger partial charge in [0.1, 0.15) is 0 Å². The average Bonchev–Trinajstić information content (AvgIpc) is 3.08. The Balaban J connectivity index is 0.00000192. The van der Waals surface area contributed by atoms with Gasteiger partial charge in [-0.3, -0.25) is 4.99 Å². The van der Waals surface area contributed by atoms with E-state index in [2.05, 4.69) is 74.9 Å². The first kappa shape index (κ1) is 17.7. The lowest BCUT2D eigenvalue weighted by Gasteiger charge is -2.12. The van der Waals surface area contributed by atoms with Gasteiger partial charge in [-0.2, -0.15) is 11.3 Å². The van der Waals surface area contributed by atoms with E-state index in [1.54, 1.807) is 18.4 Å². The maximum Gasteiger partial charge on any atom is 0.191 e. The molecule has 0 amide bonds. The fourth-order valence-electron chi connectivity index (χ4n) is 2.33. The number of halogens is 1. The molecule has 0 saturated carbocycles. The van der Waals surface area contributed by atoms with Crippen molar-refractivity contribution in [1.82, 2.24) is 10.6 Å². The van der Waals surface area contributed by atoms with E-state index >= 15 is 0 Å². The summed E-state index contributed by atoms with van der Waals surface area (Å²) in [6.45, 7) is 1.55. The van der Waals surface area contributed by atoms with E-state index in [9.17, 15) is 0 Å². The van der Waals surface area contributed by atoms with E-state index in [4.69, 9.17) is 0 Å². The molecule has 120 valence electrons. The van der Waals surface area contributed by atoms with E-state index in [-0.39, 0.29) is 24.0 Å². The zero-order valence-electron chi connectivity index (χ0n) is 13.0. The van der Waals surface area contributed by atoms with Gasteiger partial charge in [0.05, 0.1) is 0 Å². The highest BCUT2D eigenvalue weighted by molar-refractivity contribution is 14.0. The highest BCUT2D eigenvalue weighted by Crippen LogP contribution is 2.15. The van der Waals surface area contributed by atoms with Crippen LogP contribution in [0.25, 0.3) is 10.8 Å². The fourth-order valence-corrected chi connectivity index (χ4v) is 3.00. The number of hydrogen-bond acceptors (Lipinski definition) is 2. The molecular formula is C18H20IN3S. The molecule has 1 aromatic heterocycles.